The summed E-state index contributed by atoms with van der Waals surface area (Å²) < 4.78 is 1.91. The molecule has 0 atom stereocenters. The van der Waals surface area contributed by atoms with E-state index in [1.165, 1.54) is 11.8 Å². The zero-order valence-corrected chi connectivity index (χ0v) is 18.7. The van der Waals surface area contributed by atoms with E-state index in [0.29, 0.717) is 21.7 Å². The molecule has 0 fully saturated rings. The summed E-state index contributed by atoms with van der Waals surface area (Å²) in [6.45, 7) is 2.03. The van der Waals surface area contributed by atoms with E-state index in [1.807, 2.05) is 47.9 Å². The zero-order chi connectivity index (χ0) is 21.8. The van der Waals surface area contributed by atoms with Gasteiger partial charge in [0.2, 0.25) is 5.91 Å². The van der Waals surface area contributed by atoms with Crippen molar-refractivity contribution in [3.63, 3.8) is 0 Å². The normalized spacial score (nSPS) is 10.8. The molecule has 31 heavy (non-hydrogen) atoms. The summed E-state index contributed by atoms with van der Waals surface area (Å²) in [6, 6.07) is 18.8. The molecule has 0 bridgehead atoms. The fourth-order valence-electron chi connectivity index (χ4n) is 2.87. The molecule has 0 radical (unpaired) electrons. The molecule has 1 amide bonds. The van der Waals surface area contributed by atoms with Gasteiger partial charge in [-0.15, -0.1) is 10.2 Å². The molecule has 0 aliphatic rings. The third kappa shape index (κ3) is 5.07. The van der Waals surface area contributed by atoms with Crippen molar-refractivity contribution in [2.75, 3.05) is 11.1 Å². The quantitative estimate of drug-likeness (QED) is 0.290. The van der Waals surface area contributed by atoms with E-state index in [2.05, 4.69) is 20.5 Å². The number of thioether (sulfide) groups is 1. The molecule has 2 heterocycles. The minimum atomic E-state index is -0.220. The van der Waals surface area contributed by atoms with Crippen LogP contribution in [0.3, 0.4) is 0 Å². The van der Waals surface area contributed by atoms with Crippen molar-refractivity contribution < 1.29 is 4.79 Å². The Kier molecular flexibility index (Phi) is 6.56. The number of nitrogens with one attached hydrogen (secondary N) is 1. The zero-order valence-electron chi connectivity index (χ0n) is 16.4. The number of halogens is 2. The van der Waals surface area contributed by atoms with Crippen LogP contribution >= 0.6 is 35.0 Å². The minimum absolute atomic E-state index is 0.130. The van der Waals surface area contributed by atoms with Gasteiger partial charge in [-0.05, 0) is 43.3 Å². The molecule has 0 aliphatic heterocycles. The molecule has 0 spiro atoms. The number of hydrogen-bond donors (Lipinski definition) is 1. The molecule has 4 aromatic rings. The number of rotatable bonds is 6. The SMILES string of the molecule is Cc1ccc(-c2nnc(SCC(=O)Nc3cccnc3Cl)n2-c2ccc(Cl)cc2)cc1. The number of hydrogen-bond acceptors (Lipinski definition) is 5. The van der Waals surface area contributed by atoms with Crippen LogP contribution in [0.25, 0.3) is 17.1 Å². The highest BCUT2D eigenvalue weighted by Crippen LogP contribution is 2.29. The van der Waals surface area contributed by atoms with Gasteiger partial charge < -0.3 is 5.32 Å². The molecule has 6 nitrogen and oxygen atoms in total. The maximum atomic E-state index is 12.5. The lowest BCUT2D eigenvalue weighted by atomic mass is 10.1. The summed E-state index contributed by atoms with van der Waals surface area (Å²) in [5.41, 5.74) is 3.39. The summed E-state index contributed by atoms with van der Waals surface area (Å²) in [4.78, 5) is 16.4. The van der Waals surface area contributed by atoms with Crippen molar-refractivity contribution >= 4 is 46.6 Å². The van der Waals surface area contributed by atoms with Crippen LogP contribution in [0.4, 0.5) is 5.69 Å². The predicted molar refractivity (Wildman–Crippen MR) is 125 cm³/mol. The number of nitrogens with zero attached hydrogens (tertiary/aromatic N) is 4. The third-order valence-corrected chi connectivity index (χ3v) is 5.88. The van der Waals surface area contributed by atoms with Gasteiger partial charge in [0.25, 0.3) is 0 Å². The Hall–Kier alpha value is -2.87. The number of carbonyl (C=O) groups is 1. The second-order valence-corrected chi connectivity index (χ2v) is 8.40. The second kappa shape index (κ2) is 9.51. The molecule has 2 aromatic heterocycles. The highest BCUT2D eigenvalue weighted by molar-refractivity contribution is 7.99. The first-order valence-electron chi connectivity index (χ1n) is 9.33. The highest BCUT2D eigenvalue weighted by Gasteiger charge is 2.18. The van der Waals surface area contributed by atoms with Gasteiger partial charge in [0.05, 0.1) is 11.4 Å². The molecule has 0 saturated carbocycles. The maximum absolute atomic E-state index is 12.5. The monoisotopic (exact) mass is 469 g/mol. The Balaban J connectivity index is 1.61. The maximum Gasteiger partial charge on any atom is 0.234 e. The Morgan fingerprint density at radius 3 is 2.48 bits per heavy atom. The van der Waals surface area contributed by atoms with Gasteiger partial charge in [0, 0.05) is 22.5 Å². The van der Waals surface area contributed by atoms with Gasteiger partial charge >= 0.3 is 0 Å². The van der Waals surface area contributed by atoms with Crippen LogP contribution in [0.15, 0.2) is 72.0 Å². The average molecular weight is 470 g/mol. The lowest BCUT2D eigenvalue weighted by molar-refractivity contribution is -0.113. The number of pyridine rings is 1. The molecule has 1 N–H and O–H groups in total. The summed E-state index contributed by atoms with van der Waals surface area (Å²) in [5.74, 6) is 0.591. The van der Waals surface area contributed by atoms with Crippen molar-refractivity contribution in [1.29, 1.82) is 0 Å². The predicted octanol–water partition coefficient (Wildman–Crippen LogP) is 5.68. The molecule has 0 unspecified atom stereocenters. The molecular formula is C22H17Cl2N5OS. The molecule has 156 valence electrons. The number of carbonyl (C=O) groups excluding carboxylic acids is 1. The van der Waals surface area contributed by atoms with Gasteiger partial charge in [-0.3, -0.25) is 9.36 Å². The van der Waals surface area contributed by atoms with E-state index in [0.717, 1.165) is 16.8 Å². The largest absolute Gasteiger partial charge is 0.323 e. The van der Waals surface area contributed by atoms with Gasteiger partial charge in [0.15, 0.2) is 16.1 Å². The van der Waals surface area contributed by atoms with Crippen molar-refractivity contribution in [3.05, 3.63) is 82.6 Å². The first-order chi connectivity index (χ1) is 15.0. The van der Waals surface area contributed by atoms with Crippen LogP contribution in [0.5, 0.6) is 0 Å². The molecular weight excluding hydrogens is 453 g/mol. The van der Waals surface area contributed by atoms with Gasteiger partial charge in [-0.25, -0.2) is 4.98 Å². The molecule has 0 saturated heterocycles. The molecule has 4 rings (SSSR count). The Bertz CT molecular complexity index is 1210. The minimum Gasteiger partial charge on any atom is -0.323 e. The van der Waals surface area contributed by atoms with Crippen LogP contribution < -0.4 is 5.32 Å². The number of anilines is 1. The van der Waals surface area contributed by atoms with Crippen molar-refractivity contribution in [3.8, 4) is 17.1 Å². The van der Waals surface area contributed by atoms with Crippen LogP contribution in [-0.2, 0) is 4.79 Å². The summed E-state index contributed by atoms with van der Waals surface area (Å²) in [7, 11) is 0. The van der Waals surface area contributed by atoms with Crippen LogP contribution in [0, 0.1) is 6.92 Å². The number of benzene rings is 2. The summed E-state index contributed by atoms with van der Waals surface area (Å²) in [6.07, 6.45) is 1.56. The second-order valence-electron chi connectivity index (χ2n) is 6.66. The van der Waals surface area contributed by atoms with E-state index in [4.69, 9.17) is 23.2 Å². The number of aryl methyl sites for hydroxylation is 1. The lowest BCUT2D eigenvalue weighted by Crippen LogP contribution is -2.15. The third-order valence-electron chi connectivity index (χ3n) is 4.39. The van der Waals surface area contributed by atoms with E-state index in [-0.39, 0.29) is 16.8 Å². The Labute approximate surface area is 193 Å². The lowest BCUT2D eigenvalue weighted by Gasteiger charge is -2.11. The van der Waals surface area contributed by atoms with Gasteiger partial charge in [-0.2, -0.15) is 0 Å². The van der Waals surface area contributed by atoms with E-state index in [1.54, 1.807) is 30.5 Å². The number of amides is 1. The average Bonchev–Trinajstić information content (AvgIpc) is 3.19. The summed E-state index contributed by atoms with van der Waals surface area (Å²) in [5, 5.41) is 13.0. The Morgan fingerprint density at radius 2 is 1.77 bits per heavy atom. The van der Waals surface area contributed by atoms with Gasteiger partial charge in [0.1, 0.15) is 0 Å². The molecule has 0 aliphatic carbocycles. The van der Waals surface area contributed by atoms with E-state index >= 15 is 0 Å². The topological polar surface area (TPSA) is 72.7 Å². The fourth-order valence-corrected chi connectivity index (χ4v) is 3.92. The van der Waals surface area contributed by atoms with Gasteiger partial charge in [-0.1, -0.05) is 64.8 Å². The molecule has 9 heteroatoms. The van der Waals surface area contributed by atoms with Crippen molar-refractivity contribution in [1.82, 2.24) is 19.7 Å². The highest BCUT2D eigenvalue weighted by atomic mass is 35.5. The smallest absolute Gasteiger partial charge is 0.234 e. The van der Waals surface area contributed by atoms with Crippen LogP contribution in [0.1, 0.15) is 5.56 Å². The number of aromatic nitrogens is 4. The van der Waals surface area contributed by atoms with Crippen molar-refractivity contribution in [2.24, 2.45) is 0 Å². The standard InChI is InChI=1S/C22H17Cl2N5OS/c1-14-4-6-15(7-5-14)21-27-28-22(29(21)17-10-8-16(23)9-11-17)31-13-19(30)26-18-3-2-12-25-20(18)24/h2-12H,13H2,1H3,(H,26,30). The van der Waals surface area contributed by atoms with E-state index < -0.39 is 0 Å². The van der Waals surface area contributed by atoms with Crippen LogP contribution in [-0.4, -0.2) is 31.4 Å². The Morgan fingerprint density at radius 1 is 1.03 bits per heavy atom. The first-order valence-corrected chi connectivity index (χ1v) is 11.1. The first kappa shape index (κ1) is 21.4. The fraction of sp³-hybridized carbons (Fsp3) is 0.0909. The summed E-state index contributed by atoms with van der Waals surface area (Å²) >= 11 is 13.4. The van der Waals surface area contributed by atoms with Crippen molar-refractivity contribution in [2.45, 2.75) is 12.1 Å². The van der Waals surface area contributed by atoms with Crippen LogP contribution in [0.2, 0.25) is 10.2 Å². The molecule has 2 aromatic carbocycles. The van der Waals surface area contributed by atoms with E-state index in [9.17, 15) is 4.79 Å².